The highest BCUT2D eigenvalue weighted by Gasteiger charge is 2.35. The van der Waals surface area contributed by atoms with E-state index in [9.17, 15) is 21.6 Å². The lowest BCUT2D eigenvalue weighted by Gasteiger charge is -2.12. The Hall–Kier alpha value is -3.70. The Morgan fingerprint density at radius 3 is 2.17 bits per heavy atom. The number of aryl methyl sites for hydroxylation is 1. The number of hydrogen-bond acceptors (Lipinski definition) is 4. The van der Waals surface area contributed by atoms with Gasteiger partial charge >= 0.3 is 6.18 Å². The highest BCUT2D eigenvalue weighted by molar-refractivity contribution is 7.92. The van der Waals surface area contributed by atoms with Gasteiger partial charge in [-0.05, 0) is 61.6 Å². The number of nitrogens with one attached hydrogen (secondary N) is 2. The maximum Gasteiger partial charge on any atom is 0.435 e. The van der Waals surface area contributed by atoms with E-state index in [0.29, 0.717) is 11.3 Å². The number of hydrogen-bond donors (Lipinski definition) is 2. The van der Waals surface area contributed by atoms with Gasteiger partial charge in [0.1, 0.15) is 0 Å². The zero-order valence-electron chi connectivity index (χ0n) is 18.2. The van der Waals surface area contributed by atoms with Crippen LogP contribution in [0.25, 0.3) is 16.9 Å². The summed E-state index contributed by atoms with van der Waals surface area (Å²) in [6.45, 7) is 1.87. The van der Waals surface area contributed by atoms with Gasteiger partial charge in [0.15, 0.2) is 10.8 Å². The van der Waals surface area contributed by atoms with Gasteiger partial charge in [0.25, 0.3) is 10.0 Å². The fourth-order valence-electron chi connectivity index (χ4n) is 3.27. The summed E-state index contributed by atoms with van der Waals surface area (Å²) in [5, 5.41) is 6.38. The Bertz CT molecular complexity index is 1450. The number of halogens is 3. The topological polar surface area (TPSA) is 76.0 Å². The van der Waals surface area contributed by atoms with Crippen LogP contribution in [0.5, 0.6) is 0 Å². The normalized spacial score (nSPS) is 11.8. The summed E-state index contributed by atoms with van der Waals surface area (Å²) in [6, 6.07) is 22.0. The first-order valence-corrected chi connectivity index (χ1v) is 12.2. The molecule has 0 aliphatic carbocycles. The van der Waals surface area contributed by atoms with E-state index >= 15 is 0 Å². The lowest BCUT2D eigenvalue weighted by Crippen LogP contribution is -2.34. The number of rotatable bonds is 5. The van der Waals surface area contributed by atoms with Crippen molar-refractivity contribution >= 4 is 33.0 Å². The van der Waals surface area contributed by atoms with Crippen LogP contribution in [0.1, 0.15) is 11.3 Å². The predicted molar refractivity (Wildman–Crippen MR) is 132 cm³/mol. The monoisotopic (exact) mass is 516 g/mol. The number of aromatic nitrogens is 2. The molecule has 11 heteroatoms. The fourth-order valence-corrected chi connectivity index (χ4v) is 4.63. The van der Waals surface area contributed by atoms with Crippen molar-refractivity contribution in [2.45, 2.75) is 18.0 Å². The number of thiocarbonyl (C=S) groups is 1. The van der Waals surface area contributed by atoms with Gasteiger partial charge in [-0.2, -0.15) is 18.3 Å². The van der Waals surface area contributed by atoms with Crippen LogP contribution < -0.4 is 10.0 Å². The molecule has 0 aliphatic rings. The molecular formula is C24H19F3N4O2S2. The van der Waals surface area contributed by atoms with Crippen LogP contribution in [0, 0.1) is 6.92 Å². The van der Waals surface area contributed by atoms with Gasteiger partial charge < -0.3 is 5.32 Å². The van der Waals surface area contributed by atoms with Crippen LogP contribution in [0.15, 0.2) is 89.8 Å². The van der Waals surface area contributed by atoms with Gasteiger partial charge in [-0.1, -0.05) is 48.0 Å². The van der Waals surface area contributed by atoms with Gasteiger partial charge in [0.05, 0.1) is 16.3 Å². The maximum absolute atomic E-state index is 13.4. The van der Waals surface area contributed by atoms with Gasteiger partial charge in [0, 0.05) is 11.3 Å². The van der Waals surface area contributed by atoms with E-state index in [1.807, 2.05) is 13.0 Å². The minimum atomic E-state index is -4.64. The van der Waals surface area contributed by atoms with E-state index in [1.165, 1.54) is 24.3 Å². The molecule has 4 rings (SSSR count). The Kier molecular flexibility index (Phi) is 6.64. The number of sulfonamides is 1. The molecule has 0 aliphatic heterocycles. The van der Waals surface area contributed by atoms with Crippen LogP contribution in [0.4, 0.5) is 18.9 Å². The van der Waals surface area contributed by atoms with Gasteiger partial charge in [-0.3, -0.25) is 4.72 Å². The highest BCUT2D eigenvalue weighted by Crippen LogP contribution is 2.33. The molecule has 180 valence electrons. The van der Waals surface area contributed by atoms with Crippen molar-refractivity contribution in [3.05, 3.63) is 96.2 Å². The predicted octanol–water partition coefficient (Wildman–Crippen LogP) is 5.54. The second-order valence-corrected chi connectivity index (χ2v) is 9.70. The molecule has 1 aromatic heterocycles. The molecule has 1 heterocycles. The minimum absolute atomic E-state index is 0.112. The average molecular weight is 517 g/mol. The van der Waals surface area contributed by atoms with Crippen LogP contribution >= 0.6 is 12.2 Å². The molecule has 2 N–H and O–H groups in total. The van der Waals surface area contributed by atoms with E-state index < -0.39 is 21.9 Å². The standard InChI is InChI=1S/C24H19F3N4O2S2/c1-16-7-9-17(10-8-16)21-15-22(24(25,26)27)29-31(21)19-11-13-20(14-12-19)35(32,33)30-23(34)28-18-5-3-2-4-6-18/h2-15H,1H3,(H2,28,30,34). The lowest BCUT2D eigenvalue weighted by molar-refractivity contribution is -0.141. The second kappa shape index (κ2) is 9.51. The van der Waals surface area contributed by atoms with Gasteiger partial charge in [-0.15, -0.1) is 0 Å². The van der Waals surface area contributed by atoms with Crippen molar-refractivity contribution in [1.29, 1.82) is 0 Å². The third-order valence-electron chi connectivity index (χ3n) is 5.00. The Morgan fingerprint density at radius 2 is 1.57 bits per heavy atom. The zero-order chi connectivity index (χ0) is 25.2. The number of benzene rings is 3. The van der Waals surface area contributed by atoms with Crippen LogP contribution in [-0.4, -0.2) is 23.3 Å². The zero-order valence-corrected chi connectivity index (χ0v) is 19.9. The third-order valence-corrected chi connectivity index (χ3v) is 6.70. The third kappa shape index (κ3) is 5.69. The maximum atomic E-state index is 13.4. The van der Waals surface area contributed by atoms with Crippen LogP contribution in [0.2, 0.25) is 0 Å². The van der Waals surface area contributed by atoms with Crippen molar-refractivity contribution in [2.24, 2.45) is 0 Å². The van der Waals surface area contributed by atoms with Crippen molar-refractivity contribution in [3.63, 3.8) is 0 Å². The molecule has 4 aromatic rings. The molecule has 0 radical (unpaired) electrons. The quantitative estimate of drug-likeness (QED) is 0.341. The summed E-state index contributed by atoms with van der Waals surface area (Å²) in [4.78, 5) is -0.112. The van der Waals surface area contributed by atoms with Crippen molar-refractivity contribution < 1.29 is 21.6 Å². The Balaban J connectivity index is 1.62. The number of nitrogens with zero attached hydrogens (tertiary/aromatic N) is 2. The number of anilines is 1. The lowest BCUT2D eigenvalue weighted by atomic mass is 10.1. The molecule has 0 fully saturated rings. The Morgan fingerprint density at radius 1 is 0.943 bits per heavy atom. The first-order valence-electron chi connectivity index (χ1n) is 10.3. The van der Waals surface area contributed by atoms with E-state index in [1.54, 1.807) is 48.5 Å². The highest BCUT2D eigenvalue weighted by atomic mass is 32.2. The molecule has 3 aromatic carbocycles. The smallest absolute Gasteiger partial charge is 0.332 e. The van der Waals surface area contributed by atoms with E-state index in [4.69, 9.17) is 12.2 Å². The van der Waals surface area contributed by atoms with Crippen LogP contribution in [0.3, 0.4) is 0 Å². The van der Waals surface area contributed by atoms with E-state index in [2.05, 4.69) is 15.1 Å². The first kappa shape index (κ1) is 24.4. The summed E-state index contributed by atoms with van der Waals surface area (Å²) < 4.78 is 69.0. The van der Waals surface area contributed by atoms with Crippen molar-refractivity contribution in [3.8, 4) is 16.9 Å². The minimum Gasteiger partial charge on any atom is -0.332 e. The number of alkyl halides is 3. The molecule has 6 nitrogen and oxygen atoms in total. The second-order valence-electron chi connectivity index (χ2n) is 7.61. The summed E-state index contributed by atoms with van der Waals surface area (Å²) >= 11 is 5.08. The summed E-state index contributed by atoms with van der Waals surface area (Å²) in [7, 11) is -4.03. The molecule has 0 saturated carbocycles. The van der Waals surface area contributed by atoms with Crippen LogP contribution in [-0.2, 0) is 16.2 Å². The average Bonchev–Trinajstić information content (AvgIpc) is 3.26. The fraction of sp³-hybridized carbons (Fsp3) is 0.0833. The largest absolute Gasteiger partial charge is 0.435 e. The molecule has 35 heavy (non-hydrogen) atoms. The van der Waals surface area contributed by atoms with Gasteiger partial charge in [-0.25, -0.2) is 13.1 Å². The first-order chi connectivity index (χ1) is 16.5. The molecule has 0 saturated heterocycles. The molecule has 0 unspecified atom stereocenters. The SMILES string of the molecule is Cc1ccc(-c2cc(C(F)(F)F)nn2-c2ccc(S(=O)(=O)NC(=S)Nc3ccccc3)cc2)cc1. The Labute approximate surface area is 205 Å². The summed E-state index contributed by atoms with van der Waals surface area (Å²) in [5.41, 5.74) is 1.54. The molecule has 0 atom stereocenters. The summed E-state index contributed by atoms with van der Waals surface area (Å²) in [6.07, 6.45) is -4.64. The van der Waals surface area contributed by atoms with E-state index in [-0.39, 0.29) is 21.4 Å². The van der Waals surface area contributed by atoms with Crippen molar-refractivity contribution in [1.82, 2.24) is 14.5 Å². The van der Waals surface area contributed by atoms with E-state index in [0.717, 1.165) is 16.3 Å². The molecule has 0 bridgehead atoms. The summed E-state index contributed by atoms with van der Waals surface area (Å²) in [5.74, 6) is 0. The molecule has 0 amide bonds. The number of para-hydroxylation sites is 1. The van der Waals surface area contributed by atoms with Crippen molar-refractivity contribution in [2.75, 3.05) is 5.32 Å². The molecule has 0 spiro atoms. The van der Waals surface area contributed by atoms with Gasteiger partial charge in [0.2, 0.25) is 0 Å². The molecular weight excluding hydrogens is 497 g/mol.